The zero-order chi connectivity index (χ0) is 18.7. The number of para-hydroxylation sites is 1. The second-order valence-electron chi connectivity index (χ2n) is 5.64. The van der Waals surface area contributed by atoms with Crippen LogP contribution in [0.1, 0.15) is 27.3 Å². The molecule has 0 aliphatic rings. The SMILES string of the molecule is CSc1nsc(SC)c1C(=O)NCc1c(C)nn(-c2ccccc2)c1C. The third-order valence-corrected chi connectivity index (χ3v) is 6.84. The van der Waals surface area contributed by atoms with Gasteiger partial charge in [-0.3, -0.25) is 4.79 Å². The second-order valence-corrected chi connectivity index (χ2v) is 8.28. The van der Waals surface area contributed by atoms with Crippen LogP contribution in [0.2, 0.25) is 0 Å². The number of carbonyl (C=O) groups excluding carboxylic acids is 1. The molecule has 1 N–H and O–H groups in total. The molecule has 1 amide bonds. The Morgan fingerprint density at radius 2 is 1.92 bits per heavy atom. The predicted molar refractivity (Wildman–Crippen MR) is 110 cm³/mol. The van der Waals surface area contributed by atoms with Crippen molar-refractivity contribution in [3.8, 4) is 5.69 Å². The van der Waals surface area contributed by atoms with Gasteiger partial charge in [0.2, 0.25) is 0 Å². The lowest BCUT2D eigenvalue weighted by Gasteiger charge is -2.08. The van der Waals surface area contributed by atoms with Gasteiger partial charge >= 0.3 is 0 Å². The quantitative estimate of drug-likeness (QED) is 0.620. The van der Waals surface area contributed by atoms with Crippen molar-refractivity contribution in [3.05, 3.63) is 52.8 Å². The maximum absolute atomic E-state index is 12.7. The van der Waals surface area contributed by atoms with Crippen LogP contribution in [0, 0.1) is 13.8 Å². The van der Waals surface area contributed by atoms with E-state index in [-0.39, 0.29) is 5.91 Å². The minimum absolute atomic E-state index is 0.0845. The molecule has 0 atom stereocenters. The molecule has 136 valence electrons. The third-order valence-electron chi connectivity index (χ3n) is 4.10. The molecule has 26 heavy (non-hydrogen) atoms. The van der Waals surface area contributed by atoms with E-state index in [1.54, 1.807) is 11.8 Å². The lowest BCUT2D eigenvalue weighted by atomic mass is 10.2. The van der Waals surface area contributed by atoms with E-state index < -0.39 is 0 Å². The first kappa shape index (κ1) is 19.0. The summed E-state index contributed by atoms with van der Waals surface area (Å²) in [6.45, 7) is 4.45. The highest BCUT2D eigenvalue weighted by molar-refractivity contribution is 8.01. The fraction of sp³-hybridized carbons (Fsp3) is 0.278. The van der Waals surface area contributed by atoms with Gasteiger partial charge in [0, 0.05) is 17.8 Å². The number of nitrogens with zero attached hydrogens (tertiary/aromatic N) is 3. The Labute approximate surface area is 165 Å². The van der Waals surface area contributed by atoms with Crippen LogP contribution in [-0.4, -0.2) is 32.6 Å². The van der Waals surface area contributed by atoms with Gasteiger partial charge in [0.05, 0.1) is 21.2 Å². The van der Waals surface area contributed by atoms with E-state index in [1.165, 1.54) is 23.3 Å². The Hall–Kier alpha value is -1.77. The molecule has 0 fully saturated rings. The lowest BCUT2D eigenvalue weighted by Crippen LogP contribution is -2.24. The van der Waals surface area contributed by atoms with Gasteiger partial charge in [-0.25, -0.2) is 4.68 Å². The van der Waals surface area contributed by atoms with Gasteiger partial charge in [0.1, 0.15) is 5.03 Å². The van der Waals surface area contributed by atoms with E-state index in [9.17, 15) is 4.79 Å². The smallest absolute Gasteiger partial charge is 0.256 e. The molecular formula is C18H20N4OS3. The highest BCUT2D eigenvalue weighted by atomic mass is 32.2. The van der Waals surface area contributed by atoms with Crippen molar-refractivity contribution in [2.24, 2.45) is 0 Å². The molecular weight excluding hydrogens is 384 g/mol. The molecule has 0 aliphatic heterocycles. The Kier molecular flexibility index (Phi) is 6.05. The minimum Gasteiger partial charge on any atom is -0.348 e. The molecule has 5 nitrogen and oxygen atoms in total. The number of benzene rings is 1. The van der Waals surface area contributed by atoms with Crippen LogP contribution >= 0.6 is 35.1 Å². The highest BCUT2D eigenvalue weighted by Crippen LogP contribution is 2.32. The van der Waals surface area contributed by atoms with E-state index in [0.29, 0.717) is 12.1 Å². The van der Waals surface area contributed by atoms with Crippen LogP contribution in [0.4, 0.5) is 0 Å². The monoisotopic (exact) mass is 404 g/mol. The van der Waals surface area contributed by atoms with E-state index >= 15 is 0 Å². The van der Waals surface area contributed by atoms with Gasteiger partial charge in [0.25, 0.3) is 5.91 Å². The van der Waals surface area contributed by atoms with Crippen LogP contribution < -0.4 is 5.32 Å². The number of aryl methyl sites for hydroxylation is 1. The van der Waals surface area contributed by atoms with Crippen LogP contribution in [-0.2, 0) is 6.54 Å². The predicted octanol–water partition coefficient (Wildman–Crippen LogP) is 4.32. The topological polar surface area (TPSA) is 59.8 Å². The molecule has 2 aromatic heterocycles. The van der Waals surface area contributed by atoms with Crippen molar-refractivity contribution in [2.75, 3.05) is 12.5 Å². The molecule has 2 heterocycles. The summed E-state index contributed by atoms with van der Waals surface area (Å²) in [6, 6.07) is 10.0. The van der Waals surface area contributed by atoms with Crippen LogP contribution in [0.5, 0.6) is 0 Å². The highest BCUT2D eigenvalue weighted by Gasteiger charge is 2.21. The molecule has 0 aliphatic carbocycles. The van der Waals surface area contributed by atoms with E-state index in [0.717, 1.165) is 31.9 Å². The zero-order valence-corrected chi connectivity index (χ0v) is 17.5. The Morgan fingerprint density at radius 1 is 1.19 bits per heavy atom. The fourth-order valence-electron chi connectivity index (χ4n) is 2.74. The first-order valence-electron chi connectivity index (χ1n) is 8.03. The second kappa shape index (κ2) is 8.28. The van der Waals surface area contributed by atoms with Gasteiger partial charge in [-0.15, -0.1) is 23.5 Å². The zero-order valence-electron chi connectivity index (χ0n) is 15.1. The number of carbonyl (C=O) groups is 1. The van der Waals surface area contributed by atoms with Gasteiger partial charge in [-0.05, 0) is 50.0 Å². The van der Waals surface area contributed by atoms with Crippen molar-refractivity contribution >= 4 is 41.0 Å². The largest absolute Gasteiger partial charge is 0.348 e. The molecule has 0 spiro atoms. The molecule has 0 bridgehead atoms. The minimum atomic E-state index is -0.0845. The van der Waals surface area contributed by atoms with Gasteiger partial charge in [0.15, 0.2) is 0 Å². The summed E-state index contributed by atoms with van der Waals surface area (Å²) in [6.07, 6.45) is 3.90. The number of nitrogens with one attached hydrogen (secondary N) is 1. The summed E-state index contributed by atoms with van der Waals surface area (Å²) in [5, 5.41) is 8.46. The summed E-state index contributed by atoms with van der Waals surface area (Å²) in [5.74, 6) is -0.0845. The van der Waals surface area contributed by atoms with Crippen molar-refractivity contribution in [1.82, 2.24) is 19.5 Å². The number of hydrogen-bond donors (Lipinski definition) is 1. The average molecular weight is 405 g/mol. The maximum atomic E-state index is 12.7. The molecule has 3 rings (SSSR count). The molecule has 8 heteroatoms. The summed E-state index contributed by atoms with van der Waals surface area (Å²) in [4.78, 5) is 12.7. The molecule has 3 aromatic rings. The third kappa shape index (κ3) is 3.67. The molecule has 0 unspecified atom stereocenters. The summed E-state index contributed by atoms with van der Waals surface area (Å²) in [5.41, 5.74) is 4.70. The average Bonchev–Trinajstić information content (AvgIpc) is 3.21. The van der Waals surface area contributed by atoms with Gasteiger partial charge in [-0.1, -0.05) is 18.2 Å². The standard InChI is InChI=1S/C18H20N4OS3/c1-11-14(12(2)22(20-11)13-8-6-5-7-9-13)10-19-16(23)15-17(24-3)21-26-18(15)25-4/h5-9H,10H2,1-4H3,(H,19,23). The van der Waals surface area contributed by atoms with Crippen molar-refractivity contribution < 1.29 is 4.79 Å². The molecule has 1 aromatic carbocycles. The van der Waals surface area contributed by atoms with E-state index in [1.807, 2.05) is 61.4 Å². The van der Waals surface area contributed by atoms with Crippen LogP contribution in [0.25, 0.3) is 5.69 Å². The summed E-state index contributed by atoms with van der Waals surface area (Å²) in [7, 11) is 0. The molecule has 0 saturated heterocycles. The molecule has 0 radical (unpaired) electrons. The van der Waals surface area contributed by atoms with Crippen LogP contribution in [0.15, 0.2) is 39.6 Å². The number of hydrogen-bond acceptors (Lipinski definition) is 6. The number of aromatic nitrogens is 3. The van der Waals surface area contributed by atoms with Crippen molar-refractivity contribution in [1.29, 1.82) is 0 Å². The Morgan fingerprint density at radius 3 is 2.58 bits per heavy atom. The first-order valence-corrected chi connectivity index (χ1v) is 11.3. The van der Waals surface area contributed by atoms with Crippen molar-refractivity contribution in [2.45, 2.75) is 29.6 Å². The van der Waals surface area contributed by atoms with Crippen molar-refractivity contribution in [3.63, 3.8) is 0 Å². The number of rotatable bonds is 6. The Balaban J connectivity index is 1.82. The van der Waals surface area contributed by atoms with E-state index in [2.05, 4.69) is 14.8 Å². The normalized spacial score (nSPS) is 10.9. The first-order chi connectivity index (χ1) is 12.6. The summed E-state index contributed by atoms with van der Waals surface area (Å²) < 4.78 is 7.23. The number of thioether (sulfide) groups is 2. The lowest BCUT2D eigenvalue weighted by molar-refractivity contribution is 0.0945. The number of amides is 1. The fourth-order valence-corrected chi connectivity index (χ4v) is 5.02. The Bertz CT molecular complexity index is 897. The maximum Gasteiger partial charge on any atom is 0.256 e. The van der Waals surface area contributed by atoms with Crippen LogP contribution in [0.3, 0.4) is 0 Å². The molecule has 0 saturated carbocycles. The van der Waals surface area contributed by atoms with Gasteiger partial charge < -0.3 is 5.32 Å². The van der Waals surface area contributed by atoms with Gasteiger partial charge in [-0.2, -0.15) is 9.47 Å². The van der Waals surface area contributed by atoms with E-state index in [4.69, 9.17) is 0 Å². The summed E-state index contributed by atoms with van der Waals surface area (Å²) >= 11 is 4.43.